The molecule has 7 heteroatoms. The number of methoxy groups -OCH3 is 1. The first-order valence-corrected chi connectivity index (χ1v) is 12.0. The number of nitrogens with zero attached hydrogens (tertiary/aromatic N) is 2. The molecule has 1 saturated heterocycles. The van der Waals surface area contributed by atoms with Crippen LogP contribution >= 0.6 is 34.2 Å². The van der Waals surface area contributed by atoms with Crippen molar-refractivity contribution in [1.82, 2.24) is 9.97 Å². The van der Waals surface area contributed by atoms with E-state index in [1.165, 1.54) is 0 Å². The van der Waals surface area contributed by atoms with E-state index in [1.807, 2.05) is 30.3 Å². The van der Waals surface area contributed by atoms with E-state index < -0.39 is 5.41 Å². The molecular formula is C24H26ClIN2O3. The minimum atomic E-state index is -0.562. The predicted molar refractivity (Wildman–Crippen MR) is 131 cm³/mol. The van der Waals surface area contributed by atoms with E-state index in [1.54, 1.807) is 7.11 Å². The number of aromatic nitrogens is 2. The van der Waals surface area contributed by atoms with Crippen LogP contribution in [0, 0.1) is 3.57 Å². The number of halogens is 2. The van der Waals surface area contributed by atoms with Gasteiger partial charge in [0, 0.05) is 29.3 Å². The maximum atomic E-state index is 6.42. The molecule has 2 unspecified atom stereocenters. The van der Waals surface area contributed by atoms with Crippen LogP contribution < -0.4 is 0 Å². The van der Waals surface area contributed by atoms with Crippen LogP contribution in [0.15, 0.2) is 48.5 Å². The molecule has 1 aromatic heterocycles. The molecule has 3 aromatic rings. The summed E-state index contributed by atoms with van der Waals surface area (Å²) in [7, 11) is 1.72. The molecule has 2 aromatic carbocycles. The lowest BCUT2D eigenvalue weighted by Gasteiger charge is -2.36. The molecular weight excluding hydrogens is 527 g/mol. The standard InChI is InChI=1S/C24H26ClIN2O3/c1-29-14-12-24(17-7-3-2-4-8-17,16-31-21-9-5-6-13-30-21)22-19-15-18(26)10-11-20(19)27-23(25)28-22/h2-4,7-8,10-11,15,21H,5-6,9,12-14,16H2,1H3. The van der Waals surface area contributed by atoms with Crippen LogP contribution in [0.1, 0.15) is 36.9 Å². The molecule has 164 valence electrons. The Balaban J connectivity index is 1.88. The Labute approximate surface area is 201 Å². The van der Waals surface area contributed by atoms with Crippen molar-refractivity contribution in [3.8, 4) is 0 Å². The summed E-state index contributed by atoms with van der Waals surface area (Å²) in [4.78, 5) is 9.25. The highest BCUT2D eigenvalue weighted by atomic mass is 127. The van der Waals surface area contributed by atoms with Crippen molar-refractivity contribution in [2.45, 2.75) is 37.4 Å². The minimum Gasteiger partial charge on any atom is -0.385 e. The molecule has 0 saturated carbocycles. The van der Waals surface area contributed by atoms with Gasteiger partial charge in [-0.15, -0.1) is 0 Å². The molecule has 31 heavy (non-hydrogen) atoms. The van der Waals surface area contributed by atoms with Gasteiger partial charge >= 0.3 is 0 Å². The normalized spacial score (nSPS) is 18.7. The van der Waals surface area contributed by atoms with Crippen molar-refractivity contribution >= 4 is 45.1 Å². The Bertz CT molecular complexity index is 1010. The van der Waals surface area contributed by atoms with Crippen LogP contribution in [-0.2, 0) is 19.6 Å². The lowest BCUT2D eigenvalue weighted by molar-refractivity contribution is -0.170. The average molecular weight is 553 g/mol. The van der Waals surface area contributed by atoms with Crippen molar-refractivity contribution in [2.24, 2.45) is 0 Å². The van der Waals surface area contributed by atoms with Gasteiger partial charge in [0.15, 0.2) is 6.29 Å². The first-order chi connectivity index (χ1) is 15.1. The molecule has 4 rings (SSSR count). The molecule has 1 aliphatic heterocycles. The second-order valence-corrected chi connectivity index (χ2v) is 9.38. The lowest BCUT2D eigenvalue weighted by Crippen LogP contribution is -2.39. The van der Waals surface area contributed by atoms with Crippen LogP contribution in [0.4, 0.5) is 0 Å². The summed E-state index contributed by atoms with van der Waals surface area (Å²) < 4.78 is 18.9. The third-order valence-electron chi connectivity index (χ3n) is 5.80. The number of hydrogen-bond donors (Lipinski definition) is 0. The van der Waals surface area contributed by atoms with Crippen LogP contribution in [0.5, 0.6) is 0 Å². The van der Waals surface area contributed by atoms with Gasteiger partial charge in [-0.3, -0.25) is 0 Å². The molecule has 0 aliphatic carbocycles. The lowest BCUT2D eigenvalue weighted by atomic mass is 9.74. The molecule has 0 radical (unpaired) electrons. The van der Waals surface area contributed by atoms with Gasteiger partial charge in [-0.05, 0) is 83.6 Å². The first-order valence-electron chi connectivity index (χ1n) is 10.5. The summed E-state index contributed by atoms with van der Waals surface area (Å²) in [5.74, 6) is 0. The second-order valence-electron chi connectivity index (χ2n) is 7.80. The van der Waals surface area contributed by atoms with Crippen LogP contribution in [0.3, 0.4) is 0 Å². The number of rotatable bonds is 8. The van der Waals surface area contributed by atoms with Gasteiger partial charge in [-0.2, -0.15) is 0 Å². The molecule has 0 amide bonds. The fraction of sp³-hybridized carbons (Fsp3) is 0.417. The summed E-state index contributed by atoms with van der Waals surface area (Å²) >= 11 is 8.74. The Hall–Kier alpha value is -1.32. The van der Waals surface area contributed by atoms with Crippen molar-refractivity contribution < 1.29 is 14.2 Å². The molecule has 1 aliphatic rings. The van der Waals surface area contributed by atoms with Gasteiger partial charge in [-0.1, -0.05) is 30.3 Å². The zero-order valence-electron chi connectivity index (χ0n) is 17.5. The molecule has 1 fully saturated rings. The van der Waals surface area contributed by atoms with E-state index in [2.05, 4.69) is 45.8 Å². The highest BCUT2D eigenvalue weighted by Crippen LogP contribution is 2.40. The summed E-state index contributed by atoms with van der Waals surface area (Å²) in [6.07, 6.45) is 3.58. The Morgan fingerprint density at radius 2 is 2.00 bits per heavy atom. The maximum absolute atomic E-state index is 6.42. The van der Waals surface area contributed by atoms with E-state index in [0.717, 1.165) is 51.6 Å². The monoisotopic (exact) mass is 552 g/mol. The number of ether oxygens (including phenoxy) is 3. The van der Waals surface area contributed by atoms with Crippen molar-refractivity contribution in [1.29, 1.82) is 0 Å². The third-order valence-corrected chi connectivity index (χ3v) is 6.64. The summed E-state index contributed by atoms with van der Waals surface area (Å²) in [6.45, 7) is 1.71. The fourth-order valence-electron chi connectivity index (χ4n) is 4.17. The van der Waals surface area contributed by atoms with Crippen molar-refractivity contribution in [3.05, 3.63) is 68.6 Å². The van der Waals surface area contributed by atoms with E-state index in [0.29, 0.717) is 19.6 Å². The van der Waals surface area contributed by atoms with E-state index >= 15 is 0 Å². The number of fused-ring (bicyclic) bond motifs is 1. The SMILES string of the molecule is COCCC(COC1CCCCO1)(c1ccccc1)c1nc(Cl)nc2ccc(I)cc12. The first kappa shape index (κ1) is 22.9. The van der Waals surface area contributed by atoms with E-state index in [-0.39, 0.29) is 11.6 Å². The molecule has 2 heterocycles. The summed E-state index contributed by atoms with van der Waals surface area (Å²) in [5.41, 5.74) is 2.23. The van der Waals surface area contributed by atoms with Gasteiger partial charge < -0.3 is 14.2 Å². The third kappa shape index (κ3) is 5.20. The Kier molecular flexibility index (Phi) is 7.77. The zero-order chi connectivity index (χ0) is 21.7. The minimum absolute atomic E-state index is 0.205. The fourth-order valence-corrected chi connectivity index (χ4v) is 4.84. The highest BCUT2D eigenvalue weighted by molar-refractivity contribution is 14.1. The van der Waals surface area contributed by atoms with E-state index in [4.69, 9.17) is 30.8 Å². The predicted octanol–water partition coefficient (Wildman–Crippen LogP) is 5.75. The largest absolute Gasteiger partial charge is 0.385 e. The quantitative estimate of drug-likeness (QED) is 0.263. The van der Waals surface area contributed by atoms with Crippen molar-refractivity contribution in [2.75, 3.05) is 26.9 Å². The summed E-state index contributed by atoms with van der Waals surface area (Å²) in [6, 6.07) is 16.5. The Morgan fingerprint density at radius 3 is 2.74 bits per heavy atom. The number of benzene rings is 2. The summed E-state index contributed by atoms with van der Waals surface area (Å²) in [5, 5.41) is 1.21. The van der Waals surface area contributed by atoms with Gasteiger partial charge in [0.2, 0.25) is 5.28 Å². The van der Waals surface area contributed by atoms with E-state index in [9.17, 15) is 0 Å². The van der Waals surface area contributed by atoms with Gasteiger partial charge in [0.25, 0.3) is 0 Å². The Morgan fingerprint density at radius 1 is 1.16 bits per heavy atom. The van der Waals surface area contributed by atoms with Crippen LogP contribution in [-0.4, -0.2) is 43.2 Å². The topological polar surface area (TPSA) is 53.5 Å². The molecule has 0 N–H and O–H groups in total. The second kappa shape index (κ2) is 10.5. The molecule has 2 atom stereocenters. The molecule has 5 nitrogen and oxygen atoms in total. The van der Waals surface area contributed by atoms with Crippen LogP contribution in [0.25, 0.3) is 10.9 Å². The molecule has 0 bridgehead atoms. The van der Waals surface area contributed by atoms with Crippen molar-refractivity contribution in [3.63, 3.8) is 0 Å². The smallest absolute Gasteiger partial charge is 0.223 e. The number of hydrogen-bond acceptors (Lipinski definition) is 5. The van der Waals surface area contributed by atoms with Crippen LogP contribution in [0.2, 0.25) is 5.28 Å². The zero-order valence-corrected chi connectivity index (χ0v) is 20.4. The average Bonchev–Trinajstić information content (AvgIpc) is 2.81. The van der Waals surface area contributed by atoms with Gasteiger partial charge in [0.05, 0.1) is 23.2 Å². The molecule has 0 spiro atoms. The maximum Gasteiger partial charge on any atom is 0.223 e. The van der Waals surface area contributed by atoms with Gasteiger partial charge in [-0.25, -0.2) is 9.97 Å². The van der Waals surface area contributed by atoms with Gasteiger partial charge in [0.1, 0.15) is 0 Å². The highest BCUT2D eigenvalue weighted by Gasteiger charge is 2.39.